The van der Waals surface area contributed by atoms with Crippen LogP contribution in [0.1, 0.15) is 5.82 Å². The third-order valence-electron chi connectivity index (χ3n) is 2.61. The molecule has 6 heteroatoms. The van der Waals surface area contributed by atoms with E-state index in [9.17, 15) is 0 Å². The number of hydrogen-bond acceptors (Lipinski definition) is 4. The summed E-state index contributed by atoms with van der Waals surface area (Å²) in [6.45, 7) is 0.359. The lowest BCUT2D eigenvalue weighted by Crippen LogP contribution is -1.97. The number of halogens is 1. The molecule has 0 spiro atoms. The molecule has 0 saturated carbocycles. The molecule has 3 N–H and O–H groups in total. The van der Waals surface area contributed by atoms with Gasteiger partial charge in [-0.05, 0) is 46.3 Å². The van der Waals surface area contributed by atoms with Crippen molar-refractivity contribution in [2.24, 2.45) is 0 Å². The number of nitrogens with one attached hydrogen (secondary N) is 1. The van der Waals surface area contributed by atoms with Crippen molar-refractivity contribution in [3.63, 3.8) is 0 Å². The van der Waals surface area contributed by atoms with E-state index in [1.165, 1.54) is 0 Å². The van der Waals surface area contributed by atoms with Crippen LogP contribution >= 0.6 is 15.9 Å². The SMILES string of the molecule is Nc1ccc(OCc2nc3ncc(Br)cc3[nH]2)cc1. The fourth-order valence-electron chi connectivity index (χ4n) is 1.71. The monoisotopic (exact) mass is 318 g/mol. The van der Waals surface area contributed by atoms with Gasteiger partial charge >= 0.3 is 0 Å². The van der Waals surface area contributed by atoms with E-state index in [-0.39, 0.29) is 0 Å². The fraction of sp³-hybridized carbons (Fsp3) is 0.0769. The minimum atomic E-state index is 0.359. The lowest BCUT2D eigenvalue weighted by molar-refractivity contribution is 0.297. The Morgan fingerprint density at radius 2 is 2.05 bits per heavy atom. The van der Waals surface area contributed by atoms with Crippen molar-refractivity contribution in [3.05, 3.63) is 46.8 Å². The van der Waals surface area contributed by atoms with Crippen molar-refractivity contribution < 1.29 is 4.74 Å². The summed E-state index contributed by atoms with van der Waals surface area (Å²) < 4.78 is 6.53. The molecular formula is C13H11BrN4O. The normalized spacial score (nSPS) is 10.8. The van der Waals surface area contributed by atoms with Crippen LogP contribution in [-0.4, -0.2) is 15.0 Å². The van der Waals surface area contributed by atoms with Crippen molar-refractivity contribution in [1.29, 1.82) is 0 Å². The van der Waals surface area contributed by atoms with Gasteiger partial charge in [0, 0.05) is 16.4 Å². The summed E-state index contributed by atoms with van der Waals surface area (Å²) in [5.41, 5.74) is 7.88. The van der Waals surface area contributed by atoms with Crippen LogP contribution in [-0.2, 0) is 6.61 Å². The van der Waals surface area contributed by atoms with E-state index < -0.39 is 0 Å². The number of rotatable bonds is 3. The third kappa shape index (κ3) is 2.68. The molecule has 2 heterocycles. The highest BCUT2D eigenvalue weighted by atomic mass is 79.9. The second-order valence-corrected chi connectivity index (χ2v) is 4.98. The number of imidazole rings is 1. The van der Waals surface area contributed by atoms with E-state index in [4.69, 9.17) is 10.5 Å². The average Bonchev–Trinajstić information content (AvgIpc) is 2.80. The van der Waals surface area contributed by atoms with Crippen LogP contribution in [0.4, 0.5) is 5.69 Å². The number of aromatic nitrogens is 3. The van der Waals surface area contributed by atoms with E-state index in [0.717, 1.165) is 21.6 Å². The Bertz CT molecular complexity index is 708. The molecule has 0 fully saturated rings. The lowest BCUT2D eigenvalue weighted by atomic mass is 10.3. The highest BCUT2D eigenvalue weighted by molar-refractivity contribution is 9.10. The molecule has 0 aliphatic heterocycles. The number of ether oxygens (including phenoxy) is 1. The Labute approximate surface area is 118 Å². The summed E-state index contributed by atoms with van der Waals surface area (Å²) >= 11 is 3.37. The molecule has 2 aromatic heterocycles. The zero-order valence-electron chi connectivity index (χ0n) is 9.93. The van der Waals surface area contributed by atoms with Crippen molar-refractivity contribution in [2.45, 2.75) is 6.61 Å². The smallest absolute Gasteiger partial charge is 0.177 e. The van der Waals surface area contributed by atoms with Gasteiger partial charge in [-0.25, -0.2) is 9.97 Å². The molecule has 0 saturated heterocycles. The molecule has 96 valence electrons. The van der Waals surface area contributed by atoms with Gasteiger partial charge in [-0.3, -0.25) is 0 Å². The maximum absolute atomic E-state index is 5.62. The van der Waals surface area contributed by atoms with Gasteiger partial charge in [-0.1, -0.05) is 0 Å². The van der Waals surface area contributed by atoms with E-state index in [1.54, 1.807) is 18.3 Å². The number of aromatic amines is 1. The standard InChI is InChI=1S/C13H11BrN4O/c14-8-5-11-13(16-6-8)18-12(17-11)7-19-10-3-1-9(15)2-4-10/h1-6H,7,15H2,(H,16,17,18). The summed E-state index contributed by atoms with van der Waals surface area (Å²) in [6, 6.07) is 9.18. The molecule has 3 aromatic rings. The summed E-state index contributed by atoms with van der Waals surface area (Å²) in [5, 5.41) is 0. The topological polar surface area (TPSA) is 76.8 Å². The van der Waals surface area contributed by atoms with Gasteiger partial charge in [0.15, 0.2) is 5.65 Å². The predicted octanol–water partition coefficient (Wildman–Crippen LogP) is 2.88. The van der Waals surface area contributed by atoms with Gasteiger partial charge in [0.05, 0.1) is 5.52 Å². The van der Waals surface area contributed by atoms with Crippen LogP contribution in [0.3, 0.4) is 0 Å². The summed E-state index contributed by atoms with van der Waals surface area (Å²) in [4.78, 5) is 11.7. The molecule has 0 radical (unpaired) electrons. The molecule has 0 atom stereocenters. The number of nitrogens with zero attached hydrogens (tertiary/aromatic N) is 2. The minimum absolute atomic E-state index is 0.359. The zero-order chi connectivity index (χ0) is 13.2. The average molecular weight is 319 g/mol. The maximum Gasteiger partial charge on any atom is 0.177 e. The summed E-state index contributed by atoms with van der Waals surface area (Å²) in [6.07, 6.45) is 1.72. The number of nitrogen functional groups attached to an aromatic ring is 1. The first-order valence-electron chi connectivity index (χ1n) is 5.69. The van der Waals surface area contributed by atoms with E-state index in [1.807, 2.05) is 18.2 Å². The molecule has 19 heavy (non-hydrogen) atoms. The Balaban J connectivity index is 1.76. The third-order valence-corrected chi connectivity index (χ3v) is 3.04. The molecule has 5 nitrogen and oxygen atoms in total. The van der Waals surface area contributed by atoms with Gasteiger partial charge in [-0.15, -0.1) is 0 Å². The second kappa shape index (κ2) is 4.89. The first kappa shape index (κ1) is 12.0. The van der Waals surface area contributed by atoms with Gasteiger partial charge in [0.1, 0.15) is 18.2 Å². The lowest BCUT2D eigenvalue weighted by Gasteiger charge is -2.03. The van der Waals surface area contributed by atoms with Crippen LogP contribution in [0.2, 0.25) is 0 Å². The van der Waals surface area contributed by atoms with Crippen LogP contribution in [0, 0.1) is 0 Å². The molecule has 0 aliphatic carbocycles. The zero-order valence-corrected chi connectivity index (χ0v) is 11.5. The molecule has 0 aliphatic rings. The predicted molar refractivity (Wildman–Crippen MR) is 76.8 cm³/mol. The Kier molecular flexibility index (Phi) is 3.08. The van der Waals surface area contributed by atoms with Gasteiger partial charge in [0.2, 0.25) is 0 Å². The van der Waals surface area contributed by atoms with Crippen molar-refractivity contribution in [3.8, 4) is 5.75 Å². The Hall–Kier alpha value is -2.08. The van der Waals surface area contributed by atoms with Crippen molar-refractivity contribution in [2.75, 3.05) is 5.73 Å². The van der Waals surface area contributed by atoms with Crippen LogP contribution in [0.15, 0.2) is 41.0 Å². The van der Waals surface area contributed by atoms with Gasteiger partial charge in [-0.2, -0.15) is 0 Å². The van der Waals surface area contributed by atoms with Crippen molar-refractivity contribution >= 4 is 32.8 Å². The molecule has 0 amide bonds. The first-order valence-corrected chi connectivity index (χ1v) is 6.48. The molecule has 3 rings (SSSR count). The highest BCUT2D eigenvalue weighted by Crippen LogP contribution is 2.17. The Morgan fingerprint density at radius 3 is 2.84 bits per heavy atom. The van der Waals surface area contributed by atoms with E-state index >= 15 is 0 Å². The summed E-state index contributed by atoms with van der Waals surface area (Å²) in [7, 11) is 0. The number of anilines is 1. The maximum atomic E-state index is 5.62. The van der Waals surface area contributed by atoms with Gasteiger partial charge in [0.25, 0.3) is 0 Å². The van der Waals surface area contributed by atoms with Gasteiger partial charge < -0.3 is 15.5 Å². The number of H-pyrrole nitrogens is 1. The quantitative estimate of drug-likeness (QED) is 0.728. The fourth-order valence-corrected chi connectivity index (χ4v) is 2.04. The number of fused-ring (bicyclic) bond motifs is 1. The number of benzene rings is 1. The van der Waals surface area contributed by atoms with Crippen LogP contribution in [0.25, 0.3) is 11.2 Å². The molecule has 0 bridgehead atoms. The van der Waals surface area contributed by atoms with Crippen LogP contribution < -0.4 is 10.5 Å². The van der Waals surface area contributed by atoms with E-state index in [0.29, 0.717) is 17.9 Å². The molecule has 0 unspecified atom stereocenters. The first-order chi connectivity index (χ1) is 9.20. The number of nitrogens with two attached hydrogens (primary N) is 1. The molecular weight excluding hydrogens is 308 g/mol. The van der Waals surface area contributed by atoms with Crippen LogP contribution in [0.5, 0.6) is 5.75 Å². The minimum Gasteiger partial charge on any atom is -0.486 e. The largest absolute Gasteiger partial charge is 0.486 e. The Morgan fingerprint density at radius 1 is 1.26 bits per heavy atom. The summed E-state index contributed by atoms with van der Waals surface area (Å²) in [5.74, 6) is 1.49. The van der Waals surface area contributed by atoms with E-state index in [2.05, 4.69) is 30.9 Å². The second-order valence-electron chi connectivity index (χ2n) is 4.07. The number of hydrogen-bond donors (Lipinski definition) is 2. The number of pyridine rings is 1. The van der Waals surface area contributed by atoms with Crippen molar-refractivity contribution in [1.82, 2.24) is 15.0 Å². The highest BCUT2D eigenvalue weighted by Gasteiger charge is 2.05. The molecule has 1 aromatic carbocycles.